The first-order valence-electron chi connectivity index (χ1n) is 13.2. The number of hydrogen-bond acceptors (Lipinski definition) is 5. The number of pyridine rings is 1. The average molecular weight is 507 g/mol. The summed E-state index contributed by atoms with van der Waals surface area (Å²) in [5.41, 5.74) is 4.47. The third kappa shape index (κ3) is 6.68. The molecule has 1 atom stereocenters. The Bertz CT molecular complexity index is 1180. The minimum absolute atomic E-state index is 0.164. The fourth-order valence-corrected chi connectivity index (χ4v) is 5.05. The quantitative estimate of drug-likeness (QED) is 0.301. The van der Waals surface area contributed by atoms with Crippen LogP contribution in [0.4, 0.5) is 4.39 Å². The molecule has 2 aromatic carbocycles. The lowest BCUT2D eigenvalue weighted by Crippen LogP contribution is -2.36. The van der Waals surface area contributed by atoms with Crippen molar-refractivity contribution < 1.29 is 19.0 Å². The molecule has 1 aliphatic rings. The van der Waals surface area contributed by atoms with Gasteiger partial charge in [0.2, 0.25) is 5.88 Å². The van der Waals surface area contributed by atoms with Crippen LogP contribution in [0.5, 0.6) is 11.6 Å². The smallest absolute Gasteiger partial charge is 0.213 e. The number of nitrogens with zero attached hydrogens (tertiary/aromatic N) is 2. The van der Waals surface area contributed by atoms with Crippen LogP contribution in [-0.2, 0) is 13.2 Å². The second-order valence-corrected chi connectivity index (χ2v) is 10.5. The summed E-state index contributed by atoms with van der Waals surface area (Å²) >= 11 is 0. The van der Waals surface area contributed by atoms with Crippen LogP contribution in [0.15, 0.2) is 54.7 Å². The van der Waals surface area contributed by atoms with Crippen molar-refractivity contribution in [3.05, 3.63) is 77.2 Å². The number of hydrogen-bond donors (Lipinski definition) is 1. The van der Waals surface area contributed by atoms with Crippen molar-refractivity contribution in [2.75, 3.05) is 13.7 Å². The third-order valence-corrected chi connectivity index (χ3v) is 7.26. The molecule has 1 aliphatic carbocycles. The predicted molar refractivity (Wildman–Crippen MR) is 145 cm³/mol. The zero-order valence-corrected chi connectivity index (χ0v) is 22.6. The largest absolute Gasteiger partial charge is 0.489 e. The van der Waals surface area contributed by atoms with E-state index in [-0.39, 0.29) is 18.3 Å². The molecule has 1 aromatic heterocycles. The van der Waals surface area contributed by atoms with Crippen molar-refractivity contribution in [3.63, 3.8) is 0 Å². The van der Waals surface area contributed by atoms with Gasteiger partial charge >= 0.3 is 0 Å². The molecule has 0 radical (unpaired) electrons. The Morgan fingerprint density at radius 2 is 1.78 bits per heavy atom. The second kappa shape index (κ2) is 12.1. The Hall–Kier alpha value is -2.96. The standard InChI is InChI=1S/C31H39FN2O3/c1-20(2)34(21(3)4)17-25-13-22(9-12-27(25)28-15-31(36-5)33-16-30(28)32)19-37-26-8-6-7-24(14-26)29(18-35)23-10-11-23/h6-9,12-16,20-21,23,29,35H,10-11,17-19H2,1-5H3. The summed E-state index contributed by atoms with van der Waals surface area (Å²) in [4.78, 5) is 6.39. The zero-order chi connectivity index (χ0) is 26.5. The highest BCUT2D eigenvalue weighted by Crippen LogP contribution is 2.43. The molecular weight excluding hydrogens is 467 g/mol. The number of halogens is 1. The highest BCUT2D eigenvalue weighted by molar-refractivity contribution is 5.69. The minimum Gasteiger partial charge on any atom is -0.489 e. The summed E-state index contributed by atoms with van der Waals surface area (Å²) in [5, 5.41) is 9.86. The second-order valence-electron chi connectivity index (χ2n) is 10.5. The molecule has 0 spiro atoms. The van der Waals surface area contributed by atoms with E-state index in [1.165, 1.54) is 26.1 Å². The molecule has 37 heavy (non-hydrogen) atoms. The Morgan fingerprint density at radius 1 is 1.03 bits per heavy atom. The predicted octanol–water partition coefficient (Wildman–Crippen LogP) is 6.58. The van der Waals surface area contributed by atoms with Gasteiger partial charge in [0.1, 0.15) is 18.2 Å². The van der Waals surface area contributed by atoms with Crippen LogP contribution in [0.3, 0.4) is 0 Å². The monoisotopic (exact) mass is 506 g/mol. The van der Waals surface area contributed by atoms with E-state index in [0.29, 0.717) is 42.6 Å². The Balaban J connectivity index is 1.62. The summed E-state index contributed by atoms with van der Waals surface area (Å²) < 4.78 is 26.4. The Morgan fingerprint density at radius 3 is 2.43 bits per heavy atom. The summed E-state index contributed by atoms with van der Waals surface area (Å²) in [6, 6.07) is 16.5. The van der Waals surface area contributed by atoms with Gasteiger partial charge in [-0.1, -0.05) is 30.3 Å². The van der Waals surface area contributed by atoms with Gasteiger partial charge < -0.3 is 14.6 Å². The van der Waals surface area contributed by atoms with Crippen molar-refractivity contribution in [1.29, 1.82) is 0 Å². The van der Waals surface area contributed by atoms with Crippen molar-refractivity contribution >= 4 is 0 Å². The van der Waals surface area contributed by atoms with Gasteiger partial charge in [0.15, 0.2) is 0 Å². The van der Waals surface area contributed by atoms with Crippen LogP contribution >= 0.6 is 0 Å². The molecule has 1 unspecified atom stereocenters. The number of ether oxygens (including phenoxy) is 2. The Labute approximate surface area is 220 Å². The minimum atomic E-state index is -0.377. The van der Waals surface area contributed by atoms with Gasteiger partial charge in [-0.2, -0.15) is 0 Å². The molecule has 4 rings (SSSR count). The van der Waals surface area contributed by atoms with E-state index >= 15 is 0 Å². The van der Waals surface area contributed by atoms with Crippen molar-refractivity contribution in [2.45, 2.75) is 71.7 Å². The number of aliphatic hydroxyl groups excluding tert-OH is 1. The number of aliphatic hydroxyl groups is 1. The van der Waals surface area contributed by atoms with Crippen molar-refractivity contribution in [1.82, 2.24) is 9.88 Å². The van der Waals surface area contributed by atoms with E-state index in [9.17, 15) is 9.50 Å². The van der Waals surface area contributed by atoms with Crippen LogP contribution in [0.25, 0.3) is 11.1 Å². The summed E-state index contributed by atoms with van der Waals surface area (Å²) in [7, 11) is 1.53. The van der Waals surface area contributed by atoms with Crippen LogP contribution in [-0.4, -0.2) is 40.8 Å². The fraction of sp³-hybridized carbons (Fsp3) is 0.452. The first-order chi connectivity index (χ1) is 17.8. The lowest BCUT2D eigenvalue weighted by Gasteiger charge is -2.31. The van der Waals surface area contributed by atoms with Crippen LogP contribution < -0.4 is 9.47 Å². The molecule has 3 aromatic rings. The van der Waals surface area contributed by atoms with Gasteiger partial charge in [0.25, 0.3) is 0 Å². The van der Waals surface area contributed by atoms with Gasteiger partial charge in [-0.3, -0.25) is 4.90 Å². The molecule has 0 aliphatic heterocycles. The van der Waals surface area contributed by atoms with Gasteiger partial charge in [-0.15, -0.1) is 0 Å². The van der Waals surface area contributed by atoms with Gasteiger partial charge in [-0.25, -0.2) is 9.37 Å². The van der Waals surface area contributed by atoms with Crippen LogP contribution in [0.1, 0.15) is 63.1 Å². The lowest BCUT2D eigenvalue weighted by atomic mass is 9.95. The van der Waals surface area contributed by atoms with E-state index < -0.39 is 0 Å². The van der Waals surface area contributed by atoms with Crippen molar-refractivity contribution in [3.8, 4) is 22.8 Å². The summed E-state index contributed by atoms with van der Waals surface area (Å²) in [6.07, 6.45) is 3.57. The maximum absolute atomic E-state index is 14.9. The van der Waals surface area contributed by atoms with E-state index in [0.717, 1.165) is 28.0 Å². The molecule has 1 N–H and O–H groups in total. The van der Waals surface area contributed by atoms with Crippen LogP contribution in [0, 0.1) is 11.7 Å². The van der Waals surface area contributed by atoms with E-state index in [2.05, 4.69) is 49.7 Å². The van der Waals surface area contributed by atoms with Crippen LogP contribution in [0.2, 0.25) is 0 Å². The zero-order valence-electron chi connectivity index (χ0n) is 22.6. The first kappa shape index (κ1) is 27.1. The lowest BCUT2D eigenvalue weighted by molar-refractivity contribution is 0.166. The van der Waals surface area contributed by atoms with Gasteiger partial charge in [0.05, 0.1) is 19.9 Å². The maximum atomic E-state index is 14.9. The van der Waals surface area contributed by atoms with E-state index in [4.69, 9.17) is 9.47 Å². The molecule has 1 saturated carbocycles. The fourth-order valence-electron chi connectivity index (χ4n) is 5.05. The van der Waals surface area contributed by atoms with Crippen molar-refractivity contribution in [2.24, 2.45) is 5.92 Å². The summed E-state index contributed by atoms with van der Waals surface area (Å²) in [6.45, 7) is 9.95. The van der Waals surface area contributed by atoms with E-state index in [1.54, 1.807) is 6.07 Å². The normalized spacial score (nSPS) is 14.4. The highest BCUT2D eigenvalue weighted by atomic mass is 19.1. The average Bonchev–Trinajstić information content (AvgIpc) is 3.72. The van der Waals surface area contributed by atoms with Gasteiger partial charge in [-0.05, 0) is 80.8 Å². The SMILES string of the molecule is COc1cc(-c2ccc(COc3cccc(C(CO)C4CC4)c3)cc2CN(C(C)C)C(C)C)c(F)cn1. The molecule has 0 bridgehead atoms. The third-order valence-electron chi connectivity index (χ3n) is 7.26. The molecule has 1 fully saturated rings. The molecular formula is C31H39FN2O3. The molecule has 6 heteroatoms. The molecule has 0 saturated heterocycles. The van der Waals surface area contributed by atoms with E-state index in [1.807, 2.05) is 30.3 Å². The number of rotatable bonds is 12. The number of methoxy groups -OCH3 is 1. The topological polar surface area (TPSA) is 54.8 Å². The van der Waals surface area contributed by atoms with Gasteiger partial charge in [0, 0.05) is 36.2 Å². The highest BCUT2D eigenvalue weighted by Gasteiger charge is 2.31. The molecule has 5 nitrogen and oxygen atoms in total. The molecule has 198 valence electrons. The molecule has 1 heterocycles. The number of aromatic nitrogens is 1. The Kier molecular flexibility index (Phi) is 8.83. The molecule has 0 amide bonds. The summed E-state index contributed by atoms with van der Waals surface area (Å²) in [5.74, 6) is 1.55. The first-order valence-corrected chi connectivity index (χ1v) is 13.2. The number of benzene rings is 2. The maximum Gasteiger partial charge on any atom is 0.213 e.